The summed E-state index contributed by atoms with van der Waals surface area (Å²) in [4.78, 5) is 27.6. The number of carbonyl (C=O) groups is 2. The molecule has 3 nitrogen and oxygen atoms in total. The standard InChI is InChI=1S/C28H16Br2F3NO2/c29-15-5-1-13(2-6-15)22(14-3-7-16(30)8-4-14)23-18-9-10-19(23)25-24(18)27(35)34(28(25)36)26-20(32)11-17(31)12-21(26)33/h1-12,18-19,24-25H/t18-,19-,24-,25+/m0/s1. The molecule has 180 valence electrons. The fourth-order valence-electron chi connectivity index (χ4n) is 5.80. The van der Waals surface area contributed by atoms with Crippen LogP contribution in [-0.4, -0.2) is 11.8 Å². The predicted molar refractivity (Wildman–Crippen MR) is 136 cm³/mol. The second kappa shape index (κ2) is 8.56. The number of imide groups is 1. The van der Waals surface area contributed by atoms with E-state index in [0.29, 0.717) is 17.0 Å². The smallest absolute Gasteiger partial charge is 0.238 e. The summed E-state index contributed by atoms with van der Waals surface area (Å²) in [5, 5.41) is 0. The maximum Gasteiger partial charge on any atom is 0.238 e. The lowest BCUT2D eigenvalue weighted by atomic mass is 9.85. The van der Waals surface area contributed by atoms with Gasteiger partial charge in [0.1, 0.15) is 11.5 Å². The largest absolute Gasteiger partial charge is 0.274 e. The van der Waals surface area contributed by atoms with Gasteiger partial charge in [0.15, 0.2) is 11.6 Å². The van der Waals surface area contributed by atoms with Crippen LogP contribution in [0, 0.1) is 41.1 Å². The maximum atomic E-state index is 14.5. The van der Waals surface area contributed by atoms with E-state index >= 15 is 0 Å². The zero-order valence-corrected chi connectivity index (χ0v) is 21.6. The molecular formula is C28H16Br2F3NO2. The summed E-state index contributed by atoms with van der Waals surface area (Å²) >= 11 is 6.93. The van der Waals surface area contributed by atoms with Gasteiger partial charge in [0.25, 0.3) is 0 Å². The van der Waals surface area contributed by atoms with Crippen molar-refractivity contribution < 1.29 is 22.8 Å². The van der Waals surface area contributed by atoms with Gasteiger partial charge in [-0.1, -0.05) is 68.3 Å². The summed E-state index contributed by atoms with van der Waals surface area (Å²) in [5.74, 6) is -7.41. The van der Waals surface area contributed by atoms with E-state index in [1.165, 1.54) is 0 Å². The number of fused-ring (bicyclic) bond motifs is 5. The average molecular weight is 615 g/mol. The third kappa shape index (κ3) is 3.45. The normalized spacial score (nSPS) is 24.1. The van der Waals surface area contributed by atoms with Crippen molar-refractivity contribution in [1.82, 2.24) is 0 Å². The number of amides is 2. The minimum Gasteiger partial charge on any atom is -0.274 e. The maximum absolute atomic E-state index is 14.5. The molecule has 1 saturated heterocycles. The fourth-order valence-corrected chi connectivity index (χ4v) is 6.33. The third-order valence-corrected chi connectivity index (χ3v) is 8.23. The van der Waals surface area contributed by atoms with Crippen LogP contribution < -0.4 is 4.90 Å². The molecule has 4 atom stereocenters. The molecule has 1 aliphatic heterocycles. The molecule has 1 saturated carbocycles. The first kappa shape index (κ1) is 23.4. The van der Waals surface area contributed by atoms with Gasteiger partial charge < -0.3 is 0 Å². The van der Waals surface area contributed by atoms with E-state index in [-0.39, 0.29) is 0 Å². The van der Waals surface area contributed by atoms with Crippen LogP contribution in [0.4, 0.5) is 18.9 Å². The van der Waals surface area contributed by atoms with E-state index < -0.39 is 58.6 Å². The number of nitrogens with zero attached hydrogens (tertiary/aromatic N) is 1. The summed E-state index contributed by atoms with van der Waals surface area (Å²) < 4.78 is 44.4. The van der Waals surface area contributed by atoms with Crippen LogP contribution in [0.2, 0.25) is 0 Å². The van der Waals surface area contributed by atoms with E-state index in [9.17, 15) is 22.8 Å². The van der Waals surface area contributed by atoms with Crippen molar-refractivity contribution in [1.29, 1.82) is 0 Å². The first-order valence-corrected chi connectivity index (χ1v) is 12.8. The Hall–Kier alpha value is -2.97. The summed E-state index contributed by atoms with van der Waals surface area (Å²) in [5.41, 5.74) is 2.92. The number of hydrogen-bond acceptors (Lipinski definition) is 2. The average Bonchev–Trinajstić information content (AvgIpc) is 3.46. The van der Waals surface area contributed by atoms with Gasteiger partial charge >= 0.3 is 0 Å². The Labute approximate surface area is 221 Å². The minimum absolute atomic E-state index is 0.407. The van der Waals surface area contributed by atoms with Crippen molar-refractivity contribution in [2.45, 2.75) is 0 Å². The molecule has 3 aliphatic rings. The van der Waals surface area contributed by atoms with E-state index in [4.69, 9.17) is 0 Å². The van der Waals surface area contributed by atoms with Crippen LogP contribution in [-0.2, 0) is 9.59 Å². The van der Waals surface area contributed by atoms with Crippen LogP contribution in [0.5, 0.6) is 0 Å². The highest BCUT2D eigenvalue weighted by Crippen LogP contribution is 2.59. The Morgan fingerprint density at radius 2 is 1.11 bits per heavy atom. The highest BCUT2D eigenvalue weighted by Gasteiger charge is 2.63. The molecule has 2 bridgehead atoms. The van der Waals surface area contributed by atoms with Gasteiger partial charge in [-0.05, 0) is 46.5 Å². The first-order chi connectivity index (χ1) is 17.3. The molecule has 36 heavy (non-hydrogen) atoms. The topological polar surface area (TPSA) is 37.4 Å². The lowest BCUT2D eigenvalue weighted by molar-refractivity contribution is -0.123. The number of benzene rings is 3. The summed E-state index contributed by atoms with van der Waals surface area (Å²) in [6.07, 6.45) is 3.82. The summed E-state index contributed by atoms with van der Waals surface area (Å²) in [6, 6.07) is 16.6. The number of anilines is 1. The quantitative estimate of drug-likeness (QED) is 0.234. The van der Waals surface area contributed by atoms with Gasteiger partial charge in [-0.25, -0.2) is 18.1 Å². The highest BCUT2D eigenvalue weighted by molar-refractivity contribution is 9.10. The lowest BCUT2D eigenvalue weighted by Gasteiger charge is -2.22. The van der Waals surface area contributed by atoms with Crippen LogP contribution in [0.3, 0.4) is 0 Å². The van der Waals surface area contributed by atoms with Gasteiger partial charge in [-0.15, -0.1) is 0 Å². The van der Waals surface area contributed by atoms with Crippen molar-refractivity contribution in [2.24, 2.45) is 23.7 Å². The zero-order chi connectivity index (χ0) is 25.3. The number of hydrogen-bond donors (Lipinski definition) is 0. The van der Waals surface area contributed by atoms with Gasteiger partial charge in [0.2, 0.25) is 11.8 Å². The molecular weight excluding hydrogens is 599 g/mol. The Bertz CT molecular complexity index is 1390. The molecule has 0 unspecified atom stereocenters. The van der Waals surface area contributed by atoms with Gasteiger partial charge in [0, 0.05) is 32.9 Å². The number of rotatable bonds is 3. The Morgan fingerprint density at radius 3 is 1.53 bits per heavy atom. The Morgan fingerprint density at radius 1 is 0.694 bits per heavy atom. The lowest BCUT2D eigenvalue weighted by Crippen LogP contribution is -2.34. The number of halogens is 5. The molecule has 0 radical (unpaired) electrons. The Kier molecular flexibility index (Phi) is 5.57. The molecule has 3 aromatic rings. The molecule has 2 aliphatic carbocycles. The molecule has 0 aromatic heterocycles. The molecule has 2 amide bonds. The Balaban J connectivity index is 1.49. The van der Waals surface area contributed by atoms with Crippen LogP contribution in [0.15, 0.2) is 87.3 Å². The molecule has 1 heterocycles. The van der Waals surface area contributed by atoms with Crippen molar-refractivity contribution in [2.75, 3.05) is 4.90 Å². The van der Waals surface area contributed by atoms with Crippen molar-refractivity contribution >= 4 is 54.9 Å². The SMILES string of the molecule is O=C1[C@@H]2[C@H](C(=O)N1c1c(F)cc(F)cc1F)[C@H]1C=C[C@H]2C1=C(c1ccc(Br)cc1)c1ccc(Br)cc1. The third-order valence-electron chi connectivity index (χ3n) is 7.18. The summed E-state index contributed by atoms with van der Waals surface area (Å²) in [7, 11) is 0. The second-order valence-corrected chi connectivity index (χ2v) is 10.9. The molecule has 0 N–H and O–H groups in total. The molecule has 3 aromatic carbocycles. The summed E-state index contributed by atoms with van der Waals surface area (Å²) in [6.45, 7) is 0. The minimum atomic E-state index is -1.28. The van der Waals surface area contributed by atoms with Gasteiger partial charge in [-0.3, -0.25) is 9.59 Å². The van der Waals surface area contributed by atoms with E-state index in [1.807, 2.05) is 60.7 Å². The second-order valence-electron chi connectivity index (χ2n) is 9.06. The van der Waals surface area contributed by atoms with Gasteiger partial charge in [-0.2, -0.15) is 0 Å². The number of allylic oxidation sites excluding steroid dienone is 3. The first-order valence-electron chi connectivity index (χ1n) is 11.2. The fraction of sp³-hybridized carbons (Fsp3) is 0.143. The van der Waals surface area contributed by atoms with E-state index in [1.54, 1.807) is 0 Å². The van der Waals surface area contributed by atoms with Crippen LogP contribution in [0.25, 0.3) is 5.57 Å². The van der Waals surface area contributed by atoms with Crippen molar-refractivity contribution in [3.63, 3.8) is 0 Å². The molecule has 0 spiro atoms. The van der Waals surface area contributed by atoms with Crippen molar-refractivity contribution in [3.05, 3.63) is 116 Å². The molecule has 8 heteroatoms. The van der Waals surface area contributed by atoms with Crippen LogP contribution >= 0.6 is 31.9 Å². The predicted octanol–water partition coefficient (Wildman–Crippen LogP) is 7.05. The number of carbonyl (C=O) groups excluding carboxylic acids is 2. The zero-order valence-electron chi connectivity index (χ0n) is 18.4. The monoisotopic (exact) mass is 613 g/mol. The van der Waals surface area contributed by atoms with E-state index in [2.05, 4.69) is 31.9 Å². The highest BCUT2D eigenvalue weighted by atomic mass is 79.9. The molecule has 6 rings (SSSR count). The van der Waals surface area contributed by atoms with E-state index in [0.717, 1.165) is 31.2 Å². The van der Waals surface area contributed by atoms with Crippen LogP contribution in [0.1, 0.15) is 11.1 Å². The van der Waals surface area contributed by atoms with Gasteiger partial charge in [0.05, 0.1) is 11.8 Å². The molecule has 2 fully saturated rings. The van der Waals surface area contributed by atoms with Crippen molar-refractivity contribution in [3.8, 4) is 0 Å².